The van der Waals surface area contributed by atoms with Crippen LogP contribution in [-0.4, -0.2) is 5.78 Å². The van der Waals surface area contributed by atoms with Gasteiger partial charge in [0.05, 0.1) is 15.0 Å². The minimum absolute atomic E-state index is 0.0931. The van der Waals surface area contributed by atoms with Crippen molar-refractivity contribution in [1.82, 2.24) is 0 Å². The molecule has 3 heteroatoms. The van der Waals surface area contributed by atoms with Crippen LogP contribution in [0.2, 0.25) is 0 Å². The predicted molar refractivity (Wildman–Crippen MR) is 60.6 cm³/mol. The predicted octanol–water partition coefficient (Wildman–Crippen LogP) is 3.08. The highest BCUT2D eigenvalue weighted by Gasteiger charge is 2.25. The van der Waals surface area contributed by atoms with Crippen LogP contribution < -0.4 is 4.52 Å². The van der Waals surface area contributed by atoms with E-state index in [1.54, 1.807) is 12.1 Å². The van der Waals surface area contributed by atoms with Crippen molar-refractivity contribution in [3.05, 3.63) is 29.8 Å². The summed E-state index contributed by atoms with van der Waals surface area (Å²) in [5, 5.41) is 0. The Morgan fingerprint density at radius 2 is 1.86 bits per heavy atom. The number of para-hydroxylation sites is 1. The molecule has 0 aliphatic rings. The Bertz CT molecular complexity index is 339. The topological polar surface area (TPSA) is 26.3 Å². The molecule has 0 saturated carbocycles. The standard InChI is InChI=1S/C11H15O2P/c1-11(2,3)10(12)8-6-4-5-7-9(8)13-14/h4-7H,14H2,1-3H3. The van der Waals surface area contributed by atoms with E-state index < -0.39 is 0 Å². The zero-order valence-electron chi connectivity index (χ0n) is 8.70. The lowest BCUT2D eigenvalue weighted by molar-refractivity contribution is 0.0856. The minimum Gasteiger partial charge on any atom is -0.480 e. The zero-order chi connectivity index (χ0) is 10.8. The number of ketones is 1. The third-order valence-electron chi connectivity index (χ3n) is 1.94. The molecular formula is C11H15O2P. The van der Waals surface area contributed by atoms with E-state index in [2.05, 4.69) is 9.47 Å². The summed E-state index contributed by atoms with van der Waals surface area (Å²) >= 11 is 0. The summed E-state index contributed by atoms with van der Waals surface area (Å²) in [5.41, 5.74) is 0.259. The van der Waals surface area contributed by atoms with Crippen molar-refractivity contribution in [3.8, 4) is 5.75 Å². The van der Waals surface area contributed by atoms with Crippen molar-refractivity contribution in [2.24, 2.45) is 5.41 Å². The first-order valence-corrected chi connectivity index (χ1v) is 4.94. The lowest BCUT2D eigenvalue weighted by atomic mass is 9.86. The molecule has 0 spiro atoms. The monoisotopic (exact) mass is 210 g/mol. The Kier molecular flexibility index (Phi) is 3.28. The van der Waals surface area contributed by atoms with Crippen molar-refractivity contribution in [3.63, 3.8) is 0 Å². The molecule has 2 nitrogen and oxygen atoms in total. The van der Waals surface area contributed by atoms with Crippen LogP contribution in [0.15, 0.2) is 24.3 Å². The average Bonchev–Trinajstić information content (AvgIpc) is 2.15. The molecule has 1 aromatic rings. The summed E-state index contributed by atoms with van der Waals surface area (Å²) in [7, 11) is 2.16. The van der Waals surface area contributed by atoms with Crippen molar-refractivity contribution in [1.29, 1.82) is 0 Å². The number of Topliss-reactive ketones (excluding diaryl/α,β-unsaturated/α-hetero) is 1. The van der Waals surface area contributed by atoms with Crippen molar-refractivity contribution < 1.29 is 9.32 Å². The molecule has 0 saturated heterocycles. The lowest BCUT2D eigenvalue weighted by Gasteiger charge is -2.18. The molecule has 0 amide bonds. The molecule has 0 aromatic heterocycles. The van der Waals surface area contributed by atoms with Crippen LogP contribution in [0.25, 0.3) is 0 Å². The number of carbonyl (C=O) groups is 1. The largest absolute Gasteiger partial charge is 0.480 e. The van der Waals surface area contributed by atoms with Gasteiger partial charge >= 0.3 is 0 Å². The molecule has 0 aliphatic carbocycles. The van der Waals surface area contributed by atoms with E-state index in [1.807, 2.05) is 32.9 Å². The summed E-state index contributed by atoms with van der Waals surface area (Å²) in [6.45, 7) is 5.69. The van der Waals surface area contributed by atoms with E-state index in [-0.39, 0.29) is 11.2 Å². The van der Waals surface area contributed by atoms with Crippen LogP contribution in [0.5, 0.6) is 5.75 Å². The van der Waals surface area contributed by atoms with Crippen LogP contribution in [-0.2, 0) is 0 Å². The Hall–Kier alpha value is -0.880. The van der Waals surface area contributed by atoms with Gasteiger partial charge in [-0.05, 0) is 12.1 Å². The molecule has 1 rings (SSSR count). The summed E-state index contributed by atoms with van der Waals surface area (Å²) < 4.78 is 5.06. The molecule has 0 bridgehead atoms. The highest BCUT2D eigenvalue weighted by atomic mass is 31.0. The van der Waals surface area contributed by atoms with Crippen LogP contribution in [0.1, 0.15) is 31.1 Å². The maximum atomic E-state index is 12.0. The van der Waals surface area contributed by atoms with Gasteiger partial charge in [-0.2, -0.15) is 0 Å². The average molecular weight is 210 g/mol. The second kappa shape index (κ2) is 4.10. The summed E-state index contributed by atoms with van der Waals surface area (Å²) in [6.07, 6.45) is 0. The van der Waals surface area contributed by atoms with Crippen LogP contribution in [0.4, 0.5) is 0 Å². The van der Waals surface area contributed by atoms with E-state index in [9.17, 15) is 4.79 Å². The number of rotatable bonds is 2. The second-order valence-corrected chi connectivity index (χ2v) is 4.43. The molecule has 0 aliphatic heterocycles. The first-order valence-electron chi connectivity index (χ1n) is 4.47. The maximum Gasteiger partial charge on any atom is 0.171 e. The van der Waals surface area contributed by atoms with Gasteiger partial charge in [0.1, 0.15) is 5.75 Å². The van der Waals surface area contributed by atoms with Gasteiger partial charge < -0.3 is 4.52 Å². The molecular weight excluding hydrogens is 195 g/mol. The molecule has 0 radical (unpaired) electrons. The normalized spacial score (nSPS) is 11.1. The van der Waals surface area contributed by atoms with Crippen molar-refractivity contribution in [2.75, 3.05) is 0 Å². The van der Waals surface area contributed by atoms with E-state index in [0.717, 1.165) is 0 Å². The third kappa shape index (κ3) is 2.33. The first-order chi connectivity index (χ1) is 6.46. The fourth-order valence-electron chi connectivity index (χ4n) is 1.16. The molecule has 1 aromatic carbocycles. The van der Waals surface area contributed by atoms with Crippen molar-refractivity contribution in [2.45, 2.75) is 20.8 Å². The quantitative estimate of drug-likeness (QED) is 0.553. The fraction of sp³-hybridized carbons (Fsp3) is 0.364. The van der Waals surface area contributed by atoms with E-state index >= 15 is 0 Å². The Morgan fingerprint density at radius 3 is 2.36 bits per heavy atom. The van der Waals surface area contributed by atoms with E-state index in [4.69, 9.17) is 4.52 Å². The summed E-state index contributed by atoms with van der Waals surface area (Å²) in [4.78, 5) is 12.0. The van der Waals surface area contributed by atoms with E-state index in [0.29, 0.717) is 11.3 Å². The van der Waals surface area contributed by atoms with Crippen molar-refractivity contribution >= 4 is 15.2 Å². The highest BCUT2D eigenvalue weighted by Crippen LogP contribution is 2.28. The van der Waals surface area contributed by atoms with Gasteiger partial charge in [0.15, 0.2) is 5.78 Å². The highest BCUT2D eigenvalue weighted by molar-refractivity contribution is 7.10. The Balaban J connectivity index is 3.13. The SMILES string of the molecule is CC(C)(C)C(=O)c1ccccc1OP. The van der Waals surface area contributed by atoms with E-state index in [1.165, 1.54) is 0 Å². The van der Waals surface area contributed by atoms with Crippen LogP contribution >= 0.6 is 9.47 Å². The van der Waals surface area contributed by atoms with Gasteiger partial charge in [-0.15, -0.1) is 0 Å². The van der Waals surface area contributed by atoms with Gasteiger partial charge in [-0.25, -0.2) is 0 Å². The smallest absolute Gasteiger partial charge is 0.171 e. The summed E-state index contributed by atoms with van der Waals surface area (Å²) in [6, 6.07) is 7.25. The number of hydrogen-bond acceptors (Lipinski definition) is 2. The molecule has 0 N–H and O–H groups in total. The lowest BCUT2D eigenvalue weighted by Crippen LogP contribution is -2.20. The number of hydrogen-bond donors (Lipinski definition) is 0. The number of carbonyl (C=O) groups excluding carboxylic acids is 1. The molecule has 1 atom stereocenters. The van der Waals surface area contributed by atoms with Gasteiger partial charge in [-0.1, -0.05) is 32.9 Å². The molecule has 14 heavy (non-hydrogen) atoms. The van der Waals surface area contributed by atoms with Crippen LogP contribution in [0, 0.1) is 5.41 Å². The Labute approximate surface area is 86.9 Å². The Morgan fingerprint density at radius 1 is 1.29 bits per heavy atom. The van der Waals surface area contributed by atoms with Gasteiger partial charge in [0.2, 0.25) is 0 Å². The maximum absolute atomic E-state index is 12.0. The molecule has 0 fully saturated rings. The van der Waals surface area contributed by atoms with Gasteiger partial charge in [-0.3, -0.25) is 4.79 Å². The molecule has 0 heterocycles. The second-order valence-electron chi connectivity index (χ2n) is 4.19. The van der Waals surface area contributed by atoms with Gasteiger partial charge in [0, 0.05) is 5.41 Å². The summed E-state index contributed by atoms with van der Waals surface area (Å²) in [5.74, 6) is 0.702. The zero-order valence-corrected chi connectivity index (χ0v) is 9.86. The molecule has 76 valence electrons. The molecule has 1 unspecified atom stereocenters. The minimum atomic E-state index is -0.376. The van der Waals surface area contributed by atoms with Crippen LogP contribution in [0.3, 0.4) is 0 Å². The van der Waals surface area contributed by atoms with Gasteiger partial charge in [0.25, 0.3) is 0 Å². The first kappa shape index (κ1) is 11.2. The number of benzene rings is 1. The third-order valence-corrected chi connectivity index (χ3v) is 2.19. The fourth-order valence-corrected chi connectivity index (χ4v) is 1.37.